The van der Waals surface area contributed by atoms with Crippen molar-refractivity contribution >= 4 is 39.2 Å². The number of piperidine rings is 1. The highest BCUT2D eigenvalue weighted by atomic mass is 32.2. The first-order valence-electron chi connectivity index (χ1n) is 9.54. The molecule has 134 valence electrons. The summed E-state index contributed by atoms with van der Waals surface area (Å²) in [4.78, 5) is 19.4. The zero-order chi connectivity index (χ0) is 17.1. The van der Waals surface area contributed by atoms with Crippen molar-refractivity contribution in [3.63, 3.8) is 0 Å². The van der Waals surface area contributed by atoms with Gasteiger partial charge in [-0.25, -0.2) is 4.98 Å². The van der Waals surface area contributed by atoms with Gasteiger partial charge in [-0.2, -0.15) is 0 Å². The number of para-hydroxylation sites is 1. The van der Waals surface area contributed by atoms with Crippen LogP contribution in [0, 0.1) is 0 Å². The van der Waals surface area contributed by atoms with Crippen molar-refractivity contribution in [2.24, 2.45) is 0 Å². The lowest BCUT2D eigenvalue weighted by atomic mass is 9.97. The number of amides is 1. The lowest BCUT2D eigenvalue weighted by molar-refractivity contribution is -0.129. The number of carbonyl (C=O) groups excluding carboxylic acids is 1. The maximum atomic E-state index is 12.5. The summed E-state index contributed by atoms with van der Waals surface area (Å²) in [5.41, 5.74) is 1.12. The van der Waals surface area contributed by atoms with E-state index in [9.17, 15) is 4.79 Å². The van der Waals surface area contributed by atoms with Crippen LogP contribution in [0.15, 0.2) is 24.3 Å². The van der Waals surface area contributed by atoms with E-state index in [0.29, 0.717) is 17.6 Å². The molecule has 1 aliphatic carbocycles. The van der Waals surface area contributed by atoms with Crippen molar-refractivity contribution in [2.75, 3.05) is 18.8 Å². The van der Waals surface area contributed by atoms with E-state index in [1.54, 1.807) is 0 Å². The van der Waals surface area contributed by atoms with Crippen LogP contribution in [0.1, 0.15) is 55.9 Å². The quantitative estimate of drug-likeness (QED) is 0.749. The summed E-state index contributed by atoms with van der Waals surface area (Å²) < 4.78 is 1.28. The van der Waals surface area contributed by atoms with Gasteiger partial charge in [0.1, 0.15) is 0 Å². The largest absolute Gasteiger partial charge is 0.342 e. The van der Waals surface area contributed by atoms with Gasteiger partial charge < -0.3 is 4.90 Å². The molecule has 0 N–H and O–H groups in total. The number of rotatable bonds is 4. The second-order valence-corrected chi connectivity index (χ2v) is 9.60. The predicted octanol–water partition coefficient (Wildman–Crippen LogP) is 5.07. The molecule has 3 nitrogen and oxygen atoms in total. The fourth-order valence-electron chi connectivity index (χ4n) is 3.95. The molecule has 1 saturated heterocycles. The van der Waals surface area contributed by atoms with E-state index < -0.39 is 0 Å². The van der Waals surface area contributed by atoms with E-state index in [2.05, 4.69) is 29.2 Å². The van der Waals surface area contributed by atoms with Crippen LogP contribution >= 0.6 is 23.1 Å². The number of carbonyl (C=O) groups is 1. The van der Waals surface area contributed by atoms with Crippen LogP contribution in [0.5, 0.6) is 0 Å². The molecule has 1 amide bonds. The van der Waals surface area contributed by atoms with Crippen LogP contribution in [-0.4, -0.2) is 39.9 Å². The Hall–Kier alpha value is -1.07. The summed E-state index contributed by atoms with van der Waals surface area (Å²) in [7, 11) is 0. The van der Waals surface area contributed by atoms with Gasteiger partial charge in [0.2, 0.25) is 5.91 Å². The number of likely N-dealkylation sites (tertiary alicyclic amines) is 1. The van der Waals surface area contributed by atoms with Gasteiger partial charge in [-0.05, 0) is 37.8 Å². The Bertz CT molecular complexity index is 682. The molecule has 2 aliphatic rings. The van der Waals surface area contributed by atoms with E-state index in [1.807, 2.05) is 23.1 Å². The van der Waals surface area contributed by atoms with E-state index in [1.165, 1.54) is 41.8 Å². The molecule has 25 heavy (non-hydrogen) atoms. The minimum Gasteiger partial charge on any atom is -0.342 e. The zero-order valence-corrected chi connectivity index (χ0v) is 16.3. The molecule has 0 atom stereocenters. The van der Waals surface area contributed by atoms with Crippen molar-refractivity contribution in [3.8, 4) is 0 Å². The Morgan fingerprint density at radius 3 is 2.64 bits per heavy atom. The number of benzene rings is 1. The third kappa shape index (κ3) is 4.20. The molecule has 1 aliphatic heterocycles. The van der Waals surface area contributed by atoms with Crippen LogP contribution in [0.3, 0.4) is 0 Å². The number of hydrogen-bond acceptors (Lipinski definition) is 4. The minimum atomic E-state index is 0.346. The first-order chi connectivity index (χ1) is 12.3. The molecule has 0 spiro atoms. The van der Waals surface area contributed by atoms with Crippen LogP contribution in [0.25, 0.3) is 10.2 Å². The molecule has 2 heterocycles. The summed E-state index contributed by atoms with van der Waals surface area (Å²) >= 11 is 3.72. The molecule has 1 aromatic carbocycles. The lowest BCUT2D eigenvalue weighted by Gasteiger charge is -2.31. The van der Waals surface area contributed by atoms with Crippen LogP contribution in [0.4, 0.5) is 0 Å². The third-order valence-electron chi connectivity index (χ3n) is 5.50. The maximum absolute atomic E-state index is 12.5. The molecule has 2 aromatic rings. The summed E-state index contributed by atoms with van der Waals surface area (Å²) in [5, 5.41) is 1.97. The topological polar surface area (TPSA) is 33.2 Å². The van der Waals surface area contributed by atoms with Gasteiger partial charge in [-0.15, -0.1) is 23.1 Å². The fourth-order valence-corrected chi connectivity index (χ4v) is 6.32. The van der Waals surface area contributed by atoms with Crippen molar-refractivity contribution in [3.05, 3.63) is 29.3 Å². The number of nitrogens with zero attached hydrogens (tertiary/aromatic N) is 2. The molecule has 0 unspecified atom stereocenters. The molecule has 4 rings (SSSR count). The summed E-state index contributed by atoms with van der Waals surface area (Å²) in [5.74, 6) is 1.54. The number of aromatic nitrogens is 1. The first-order valence-corrected chi connectivity index (χ1v) is 11.4. The molecule has 1 saturated carbocycles. The normalized spacial score (nSPS) is 20.2. The maximum Gasteiger partial charge on any atom is 0.232 e. The van der Waals surface area contributed by atoms with Gasteiger partial charge in [0, 0.05) is 24.3 Å². The molecular weight excluding hydrogens is 348 g/mol. The first kappa shape index (κ1) is 17.3. The summed E-state index contributed by atoms with van der Waals surface area (Å²) in [6.07, 6.45) is 8.79. The van der Waals surface area contributed by atoms with Gasteiger partial charge in [0.05, 0.1) is 21.0 Å². The van der Waals surface area contributed by atoms with Crippen LogP contribution in [-0.2, 0) is 4.79 Å². The molecule has 0 radical (unpaired) electrons. The number of thiazole rings is 1. The monoisotopic (exact) mass is 374 g/mol. The van der Waals surface area contributed by atoms with Crippen molar-refractivity contribution in [2.45, 2.75) is 56.1 Å². The second kappa shape index (κ2) is 8.09. The van der Waals surface area contributed by atoms with Gasteiger partial charge in [-0.3, -0.25) is 4.79 Å². The second-order valence-electron chi connectivity index (χ2n) is 7.25. The zero-order valence-electron chi connectivity index (χ0n) is 14.7. The smallest absolute Gasteiger partial charge is 0.232 e. The Morgan fingerprint density at radius 2 is 1.88 bits per heavy atom. The average Bonchev–Trinajstić information content (AvgIpc) is 3.11. The molecule has 5 heteroatoms. The minimum absolute atomic E-state index is 0.346. The van der Waals surface area contributed by atoms with E-state index in [-0.39, 0.29) is 0 Å². The van der Waals surface area contributed by atoms with E-state index in [4.69, 9.17) is 4.98 Å². The Morgan fingerprint density at radius 1 is 1.12 bits per heavy atom. The van der Waals surface area contributed by atoms with Crippen molar-refractivity contribution in [1.82, 2.24) is 9.88 Å². The highest BCUT2D eigenvalue weighted by Gasteiger charge is 2.26. The average molecular weight is 375 g/mol. The Kier molecular flexibility index (Phi) is 5.61. The van der Waals surface area contributed by atoms with Gasteiger partial charge in [0.15, 0.2) is 0 Å². The number of fused-ring (bicyclic) bond motifs is 1. The van der Waals surface area contributed by atoms with Gasteiger partial charge in [-0.1, -0.05) is 31.4 Å². The highest BCUT2D eigenvalue weighted by molar-refractivity contribution is 8.00. The Labute approximate surface area is 158 Å². The lowest BCUT2D eigenvalue weighted by Crippen LogP contribution is -2.39. The van der Waals surface area contributed by atoms with Crippen molar-refractivity contribution in [1.29, 1.82) is 0 Å². The SMILES string of the molecule is O=C(CSC1CCCCC1)N1CCC(c2nc3ccccc3s2)CC1. The van der Waals surface area contributed by atoms with E-state index in [0.717, 1.165) is 36.7 Å². The van der Waals surface area contributed by atoms with E-state index >= 15 is 0 Å². The number of hydrogen-bond donors (Lipinski definition) is 0. The van der Waals surface area contributed by atoms with Gasteiger partial charge in [0.25, 0.3) is 0 Å². The summed E-state index contributed by atoms with van der Waals surface area (Å²) in [6, 6.07) is 8.38. The third-order valence-corrected chi connectivity index (χ3v) is 8.06. The van der Waals surface area contributed by atoms with Crippen molar-refractivity contribution < 1.29 is 4.79 Å². The summed E-state index contributed by atoms with van der Waals surface area (Å²) in [6.45, 7) is 1.79. The van der Waals surface area contributed by atoms with Gasteiger partial charge >= 0.3 is 0 Å². The van der Waals surface area contributed by atoms with Crippen LogP contribution < -0.4 is 0 Å². The Balaban J connectivity index is 1.28. The molecule has 2 fully saturated rings. The number of thioether (sulfide) groups is 1. The molecule has 0 bridgehead atoms. The van der Waals surface area contributed by atoms with Crippen LogP contribution in [0.2, 0.25) is 0 Å². The fraction of sp³-hybridized carbons (Fsp3) is 0.600. The highest BCUT2D eigenvalue weighted by Crippen LogP contribution is 2.34. The molecular formula is C20H26N2OS2. The standard InChI is InChI=1S/C20H26N2OS2/c23-19(14-24-16-6-2-1-3-7-16)22-12-10-15(11-13-22)20-21-17-8-4-5-9-18(17)25-20/h4-5,8-9,15-16H,1-3,6-7,10-14H2. The predicted molar refractivity (Wildman–Crippen MR) is 108 cm³/mol. The molecule has 1 aromatic heterocycles.